The smallest absolute Gasteiger partial charge is 0.299 e. The topological polar surface area (TPSA) is 24.9 Å². The molecule has 0 saturated heterocycles. The van der Waals surface area contributed by atoms with Gasteiger partial charge in [-0.05, 0) is 19.8 Å². The van der Waals surface area contributed by atoms with Gasteiger partial charge in [-0.1, -0.05) is 0 Å². The monoisotopic (exact) mass is 236 g/mol. The van der Waals surface area contributed by atoms with Gasteiger partial charge in [0.05, 0.1) is 11.2 Å². The first-order chi connectivity index (χ1) is 6.95. The van der Waals surface area contributed by atoms with Gasteiger partial charge in [-0.25, -0.2) is 4.98 Å². The summed E-state index contributed by atoms with van der Waals surface area (Å²) in [5.41, 5.74) is 0.841. The maximum atomic E-state index is 12.6. The molecular formula is C9H11F3N2S. The van der Waals surface area contributed by atoms with Crippen LogP contribution in [0, 0.1) is 6.92 Å². The number of nitrogens with one attached hydrogen (secondary N) is 1. The molecule has 1 aliphatic rings. The highest BCUT2D eigenvalue weighted by Gasteiger charge is 2.62. The maximum Gasteiger partial charge on any atom is 0.406 e. The summed E-state index contributed by atoms with van der Waals surface area (Å²) in [7, 11) is 0. The van der Waals surface area contributed by atoms with Gasteiger partial charge in [-0.15, -0.1) is 11.3 Å². The molecule has 0 bridgehead atoms. The molecule has 1 fully saturated rings. The summed E-state index contributed by atoms with van der Waals surface area (Å²) >= 11 is 1.39. The highest BCUT2D eigenvalue weighted by Crippen LogP contribution is 2.49. The molecule has 6 heteroatoms. The van der Waals surface area contributed by atoms with Gasteiger partial charge in [0.1, 0.15) is 5.54 Å². The lowest BCUT2D eigenvalue weighted by atomic mass is 10.2. The van der Waals surface area contributed by atoms with Crippen LogP contribution >= 0.6 is 11.3 Å². The van der Waals surface area contributed by atoms with E-state index in [1.807, 2.05) is 0 Å². The second-order valence-corrected chi connectivity index (χ2v) is 4.73. The molecule has 0 spiro atoms. The molecule has 0 aliphatic heterocycles. The van der Waals surface area contributed by atoms with Crippen LogP contribution in [-0.2, 0) is 6.54 Å². The summed E-state index contributed by atoms with van der Waals surface area (Å²) in [6, 6.07) is 0. The standard InChI is InChI=1S/C9H11F3N2S/c1-6-7(15-5-13-6)4-14-8(2-3-8)9(10,11)12/h5,14H,2-4H2,1H3. The molecule has 1 saturated carbocycles. The fraction of sp³-hybridized carbons (Fsp3) is 0.667. The van der Waals surface area contributed by atoms with Crippen molar-refractivity contribution in [3.63, 3.8) is 0 Å². The number of hydrogen-bond donors (Lipinski definition) is 1. The molecule has 0 amide bonds. The van der Waals surface area contributed by atoms with Gasteiger partial charge in [0.15, 0.2) is 0 Å². The summed E-state index contributed by atoms with van der Waals surface area (Å²) in [5, 5.41) is 2.60. The molecular weight excluding hydrogens is 225 g/mol. The Morgan fingerprint density at radius 2 is 2.20 bits per heavy atom. The predicted molar refractivity (Wildman–Crippen MR) is 51.7 cm³/mol. The second kappa shape index (κ2) is 3.45. The highest BCUT2D eigenvalue weighted by molar-refractivity contribution is 7.09. The Balaban J connectivity index is 1.97. The van der Waals surface area contributed by atoms with Crippen molar-refractivity contribution in [2.45, 2.75) is 38.0 Å². The van der Waals surface area contributed by atoms with E-state index in [1.165, 1.54) is 11.3 Å². The van der Waals surface area contributed by atoms with E-state index in [1.54, 1.807) is 12.4 Å². The Morgan fingerprint density at radius 1 is 1.53 bits per heavy atom. The van der Waals surface area contributed by atoms with Crippen molar-refractivity contribution < 1.29 is 13.2 Å². The van der Waals surface area contributed by atoms with E-state index in [9.17, 15) is 13.2 Å². The molecule has 0 unspecified atom stereocenters. The van der Waals surface area contributed by atoms with Crippen LogP contribution in [0.25, 0.3) is 0 Å². The van der Waals surface area contributed by atoms with Crippen LogP contribution in [0.15, 0.2) is 5.51 Å². The average Bonchev–Trinajstić information content (AvgIpc) is 2.82. The molecule has 15 heavy (non-hydrogen) atoms. The lowest BCUT2D eigenvalue weighted by molar-refractivity contribution is -0.166. The van der Waals surface area contributed by atoms with E-state index in [4.69, 9.17) is 0 Å². The normalized spacial score (nSPS) is 19.2. The Labute approximate surface area is 89.5 Å². The fourth-order valence-electron chi connectivity index (χ4n) is 1.43. The zero-order chi connectivity index (χ0) is 11.1. The van der Waals surface area contributed by atoms with Gasteiger partial charge < -0.3 is 0 Å². The Hall–Kier alpha value is -0.620. The van der Waals surface area contributed by atoms with Gasteiger partial charge in [0.25, 0.3) is 0 Å². The molecule has 2 rings (SSSR count). The number of thiazole rings is 1. The van der Waals surface area contributed by atoms with E-state index in [-0.39, 0.29) is 19.4 Å². The molecule has 84 valence electrons. The van der Waals surface area contributed by atoms with Gasteiger partial charge in [0.2, 0.25) is 0 Å². The Kier molecular flexibility index (Phi) is 2.50. The highest BCUT2D eigenvalue weighted by atomic mass is 32.1. The van der Waals surface area contributed by atoms with Crippen LogP contribution in [0.1, 0.15) is 23.4 Å². The number of hydrogen-bond acceptors (Lipinski definition) is 3. The minimum absolute atomic E-state index is 0.189. The Morgan fingerprint density at radius 3 is 2.60 bits per heavy atom. The molecule has 0 atom stereocenters. The van der Waals surface area contributed by atoms with Gasteiger partial charge in [-0.3, -0.25) is 5.32 Å². The van der Waals surface area contributed by atoms with Crippen molar-refractivity contribution >= 4 is 11.3 Å². The molecule has 0 radical (unpaired) electrons. The molecule has 0 aromatic carbocycles. The summed E-state index contributed by atoms with van der Waals surface area (Å²) in [5.74, 6) is 0. The van der Waals surface area contributed by atoms with Crippen molar-refractivity contribution in [1.82, 2.24) is 10.3 Å². The minimum Gasteiger partial charge on any atom is -0.299 e. The van der Waals surface area contributed by atoms with Crippen LogP contribution in [-0.4, -0.2) is 16.7 Å². The number of halogens is 3. The molecule has 1 aromatic heterocycles. The van der Waals surface area contributed by atoms with Crippen LogP contribution < -0.4 is 5.32 Å². The maximum absolute atomic E-state index is 12.6. The molecule has 1 aromatic rings. The summed E-state index contributed by atoms with van der Waals surface area (Å²) in [6.07, 6.45) is -3.76. The summed E-state index contributed by atoms with van der Waals surface area (Å²) in [4.78, 5) is 4.88. The summed E-state index contributed by atoms with van der Waals surface area (Å²) in [6.45, 7) is 2.07. The summed E-state index contributed by atoms with van der Waals surface area (Å²) < 4.78 is 37.7. The number of nitrogens with zero attached hydrogens (tertiary/aromatic N) is 1. The van der Waals surface area contributed by atoms with Gasteiger partial charge >= 0.3 is 6.18 Å². The number of rotatable bonds is 3. The fourth-order valence-corrected chi connectivity index (χ4v) is 2.15. The third-order valence-electron chi connectivity index (χ3n) is 2.72. The van der Waals surface area contributed by atoms with Crippen molar-refractivity contribution in [3.05, 3.63) is 16.1 Å². The third-order valence-corrected chi connectivity index (χ3v) is 3.66. The van der Waals surface area contributed by atoms with Crippen LogP contribution in [0.2, 0.25) is 0 Å². The van der Waals surface area contributed by atoms with E-state index >= 15 is 0 Å². The van der Waals surface area contributed by atoms with E-state index in [2.05, 4.69) is 10.3 Å². The molecule has 1 aliphatic carbocycles. The largest absolute Gasteiger partial charge is 0.406 e. The van der Waals surface area contributed by atoms with E-state index in [0.29, 0.717) is 0 Å². The zero-order valence-electron chi connectivity index (χ0n) is 8.19. The molecule has 1 heterocycles. The average molecular weight is 236 g/mol. The van der Waals surface area contributed by atoms with Crippen molar-refractivity contribution in [2.75, 3.05) is 0 Å². The van der Waals surface area contributed by atoms with Crippen molar-refractivity contribution in [1.29, 1.82) is 0 Å². The lowest BCUT2D eigenvalue weighted by Crippen LogP contribution is -2.44. The van der Waals surface area contributed by atoms with Crippen LogP contribution in [0.4, 0.5) is 13.2 Å². The van der Waals surface area contributed by atoms with E-state index in [0.717, 1.165) is 10.6 Å². The second-order valence-electron chi connectivity index (χ2n) is 3.79. The number of alkyl halides is 3. The van der Waals surface area contributed by atoms with Gasteiger partial charge in [0, 0.05) is 11.4 Å². The van der Waals surface area contributed by atoms with Crippen molar-refractivity contribution in [3.8, 4) is 0 Å². The minimum atomic E-state index is -4.13. The number of aromatic nitrogens is 1. The first-order valence-electron chi connectivity index (χ1n) is 4.65. The lowest BCUT2D eigenvalue weighted by Gasteiger charge is -2.20. The van der Waals surface area contributed by atoms with Crippen molar-refractivity contribution in [2.24, 2.45) is 0 Å². The Bertz CT molecular complexity index is 354. The first kappa shape index (κ1) is 10.9. The van der Waals surface area contributed by atoms with Crippen LogP contribution in [0.5, 0.6) is 0 Å². The molecule has 1 N–H and O–H groups in total. The van der Waals surface area contributed by atoms with Crippen LogP contribution in [0.3, 0.4) is 0 Å². The first-order valence-corrected chi connectivity index (χ1v) is 5.53. The third kappa shape index (κ3) is 2.01. The van der Waals surface area contributed by atoms with Gasteiger partial charge in [-0.2, -0.15) is 13.2 Å². The zero-order valence-corrected chi connectivity index (χ0v) is 9.00. The predicted octanol–water partition coefficient (Wildman–Crippen LogP) is 2.64. The SMILES string of the molecule is Cc1ncsc1CNC1(C(F)(F)F)CC1. The quantitative estimate of drug-likeness (QED) is 0.872. The molecule has 2 nitrogen and oxygen atoms in total. The van der Waals surface area contributed by atoms with E-state index < -0.39 is 11.7 Å². The number of aryl methyl sites for hydroxylation is 1.